The van der Waals surface area contributed by atoms with Crippen molar-refractivity contribution in [2.75, 3.05) is 6.54 Å². The fourth-order valence-corrected chi connectivity index (χ4v) is 3.08. The van der Waals surface area contributed by atoms with Gasteiger partial charge in [-0.05, 0) is 37.3 Å². The van der Waals surface area contributed by atoms with Gasteiger partial charge in [0.15, 0.2) is 0 Å². The van der Waals surface area contributed by atoms with Crippen LogP contribution in [-0.2, 0) is 4.79 Å². The lowest BCUT2D eigenvalue weighted by atomic mass is 9.87. The van der Waals surface area contributed by atoms with Gasteiger partial charge >= 0.3 is 0 Å². The predicted octanol–water partition coefficient (Wildman–Crippen LogP) is 3.17. The largest absolute Gasteiger partial charge is 0.353 e. The molecule has 1 saturated carbocycles. The van der Waals surface area contributed by atoms with Crippen molar-refractivity contribution in [3.63, 3.8) is 0 Å². The van der Waals surface area contributed by atoms with Gasteiger partial charge in [0.25, 0.3) is 5.91 Å². The minimum Gasteiger partial charge on any atom is -0.353 e. The molecule has 0 saturated heterocycles. The van der Waals surface area contributed by atoms with Crippen LogP contribution in [-0.4, -0.2) is 24.4 Å². The summed E-state index contributed by atoms with van der Waals surface area (Å²) in [6.45, 7) is 2.46. The molecule has 2 amide bonds. The monoisotopic (exact) mass is 338 g/mol. The maximum atomic E-state index is 13.5. The van der Waals surface area contributed by atoms with Gasteiger partial charge in [0, 0.05) is 25.1 Å². The second-order valence-electron chi connectivity index (χ2n) is 6.52. The Morgan fingerprint density at radius 1 is 1.25 bits per heavy atom. The summed E-state index contributed by atoms with van der Waals surface area (Å²) in [4.78, 5) is 23.7. The van der Waals surface area contributed by atoms with Crippen LogP contribution in [0.2, 0.25) is 0 Å². The van der Waals surface area contributed by atoms with E-state index in [0.29, 0.717) is 24.8 Å². The molecule has 2 unspecified atom stereocenters. The number of rotatable bonds is 6. The summed E-state index contributed by atoms with van der Waals surface area (Å²) in [6.07, 6.45) is 5.20. The SMILES string of the molecule is CC1CCCC(NC(=O)CCCNC(=O)c2ccc(F)cc2F)C1. The Kier molecular flexibility index (Phi) is 6.70. The van der Waals surface area contributed by atoms with Gasteiger partial charge in [0.1, 0.15) is 11.6 Å². The lowest BCUT2D eigenvalue weighted by molar-refractivity contribution is -0.122. The molecule has 1 aliphatic carbocycles. The first kappa shape index (κ1) is 18.4. The quantitative estimate of drug-likeness (QED) is 0.783. The fourth-order valence-electron chi connectivity index (χ4n) is 3.08. The Morgan fingerprint density at radius 3 is 2.75 bits per heavy atom. The zero-order chi connectivity index (χ0) is 17.5. The molecule has 0 bridgehead atoms. The summed E-state index contributed by atoms with van der Waals surface area (Å²) < 4.78 is 26.3. The van der Waals surface area contributed by atoms with Crippen LogP contribution in [0, 0.1) is 17.6 Å². The second kappa shape index (κ2) is 8.76. The van der Waals surface area contributed by atoms with Crippen molar-refractivity contribution in [2.45, 2.75) is 51.5 Å². The van der Waals surface area contributed by atoms with E-state index in [-0.39, 0.29) is 24.1 Å². The molecule has 1 aromatic rings. The molecule has 0 heterocycles. The third-order valence-corrected chi connectivity index (χ3v) is 4.34. The molecular weight excluding hydrogens is 314 g/mol. The van der Waals surface area contributed by atoms with Crippen LogP contribution in [0.4, 0.5) is 8.78 Å². The molecule has 1 aromatic carbocycles. The lowest BCUT2D eigenvalue weighted by Crippen LogP contribution is -2.38. The Hall–Kier alpha value is -1.98. The van der Waals surface area contributed by atoms with Gasteiger partial charge < -0.3 is 10.6 Å². The van der Waals surface area contributed by atoms with Gasteiger partial charge in [-0.15, -0.1) is 0 Å². The van der Waals surface area contributed by atoms with Crippen LogP contribution in [0.3, 0.4) is 0 Å². The van der Waals surface area contributed by atoms with Gasteiger partial charge in [-0.3, -0.25) is 9.59 Å². The van der Waals surface area contributed by atoms with Crippen molar-refractivity contribution in [1.82, 2.24) is 10.6 Å². The summed E-state index contributed by atoms with van der Waals surface area (Å²) in [5.74, 6) is -1.59. The van der Waals surface area contributed by atoms with Crippen LogP contribution in [0.1, 0.15) is 55.8 Å². The number of hydrogen-bond acceptors (Lipinski definition) is 2. The number of halogens is 2. The number of carbonyl (C=O) groups excluding carboxylic acids is 2. The van der Waals surface area contributed by atoms with E-state index < -0.39 is 17.5 Å². The zero-order valence-electron chi connectivity index (χ0n) is 13.9. The van der Waals surface area contributed by atoms with Gasteiger partial charge in [0.2, 0.25) is 5.91 Å². The van der Waals surface area contributed by atoms with Crippen LogP contribution in [0.25, 0.3) is 0 Å². The van der Waals surface area contributed by atoms with E-state index in [4.69, 9.17) is 0 Å². The standard InChI is InChI=1S/C18H24F2N2O2/c1-12-4-2-5-14(10-12)22-17(23)6-3-9-21-18(24)15-8-7-13(19)11-16(15)20/h7-8,11-12,14H,2-6,9-10H2,1H3,(H,21,24)(H,22,23). The van der Waals surface area contributed by atoms with E-state index in [0.717, 1.165) is 31.4 Å². The Morgan fingerprint density at radius 2 is 2.04 bits per heavy atom. The summed E-state index contributed by atoms with van der Waals surface area (Å²) in [5.41, 5.74) is -0.197. The highest BCUT2D eigenvalue weighted by atomic mass is 19.1. The number of hydrogen-bond donors (Lipinski definition) is 2. The first-order valence-electron chi connectivity index (χ1n) is 8.48. The molecule has 2 N–H and O–H groups in total. The van der Waals surface area contributed by atoms with Crippen molar-refractivity contribution in [1.29, 1.82) is 0 Å². The van der Waals surface area contributed by atoms with E-state index in [1.54, 1.807) is 0 Å². The first-order valence-corrected chi connectivity index (χ1v) is 8.48. The summed E-state index contributed by atoms with van der Waals surface area (Å²) in [7, 11) is 0. The maximum Gasteiger partial charge on any atom is 0.254 e. The second-order valence-corrected chi connectivity index (χ2v) is 6.52. The van der Waals surface area contributed by atoms with E-state index in [1.807, 2.05) is 0 Å². The Bertz CT molecular complexity index is 592. The van der Waals surface area contributed by atoms with Gasteiger partial charge in [0.05, 0.1) is 5.56 Å². The fraction of sp³-hybridized carbons (Fsp3) is 0.556. The Balaban J connectivity index is 1.66. The van der Waals surface area contributed by atoms with E-state index in [9.17, 15) is 18.4 Å². The molecule has 6 heteroatoms. The van der Waals surface area contributed by atoms with Gasteiger partial charge in [-0.2, -0.15) is 0 Å². The van der Waals surface area contributed by atoms with Crippen molar-refractivity contribution >= 4 is 11.8 Å². The molecule has 0 radical (unpaired) electrons. The molecule has 4 nitrogen and oxygen atoms in total. The molecule has 0 aromatic heterocycles. The molecule has 1 aliphatic rings. The molecule has 2 atom stereocenters. The summed E-state index contributed by atoms with van der Waals surface area (Å²) in [6, 6.07) is 3.07. The minimum atomic E-state index is -0.892. The van der Waals surface area contributed by atoms with E-state index >= 15 is 0 Å². The van der Waals surface area contributed by atoms with Crippen molar-refractivity contribution < 1.29 is 18.4 Å². The first-order chi connectivity index (χ1) is 11.5. The minimum absolute atomic E-state index is 0.0173. The van der Waals surface area contributed by atoms with Crippen LogP contribution in [0.5, 0.6) is 0 Å². The van der Waals surface area contributed by atoms with Crippen LogP contribution < -0.4 is 10.6 Å². The third kappa shape index (κ3) is 5.58. The predicted molar refractivity (Wildman–Crippen MR) is 87.5 cm³/mol. The van der Waals surface area contributed by atoms with Crippen LogP contribution in [0.15, 0.2) is 18.2 Å². The highest BCUT2D eigenvalue weighted by Gasteiger charge is 2.20. The number of amides is 2. The average Bonchev–Trinajstić information content (AvgIpc) is 2.51. The normalized spacial score (nSPS) is 20.5. The highest BCUT2D eigenvalue weighted by molar-refractivity contribution is 5.94. The molecular formula is C18H24F2N2O2. The zero-order valence-corrected chi connectivity index (χ0v) is 13.9. The van der Waals surface area contributed by atoms with Crippen LogP contribution >= 0.6 is 0 Å². The number of nitrogens with one attached hydrogen (secondary N) is 2. The van der Waals surface area contributed by atoms with Gasteiger partial charge in [-0.25, -0.2) is 8.78 Å². The molecule has 0 aliphatic heterocycles. The maximum absolute atomic E-state index is 13.5. The van der Waals surface area contributed by atoms with Crippen molar-refractivity contribution in [3.8, 4) is 0 Å². The topological polar surface area (TPSA) is 58.2 Å². The molecule has 2 rings (SSSR count). The summed E-state index contributed by atoms with van der Waals surface area (Å²) >= 11 is 0. The number of carbonyl (C=O) groups is 2. The van der Waals surface area contributed by atoms with E-state index in [1.165, 1.54) is 6.42 Å². The molecule has 132 valence electrons. The number of benzene rings is 1. The smallest absolute Gasteiger partial charge is 0.254 e. The van der Waals surface area contributed by atoms with Crippen molar-refractivity contribution in [2.24, 2.45) is 5.92 Å². The van der Waals surface area contributed by atoms with Gasteiger partial charge in [-0.1, -0.05) is 19.8 Å². The van der Waals surface area contributed by atoms with Crippen molar-refractivity contribution in [3.05, 3.63) is 35.4 Å². The lowest BCUT2D eigenvalue weighted by Gasteiger charge is -2.27. The summed E-state index contributed by atoms with van der Waals surface area (Å²) in [5, 5.41) is 5.58. The van der Waals surface area contributed by atoms with E-state index in [2.05, 4.69) is 17.6 Å². The molecule has 24 heavy (non-hydrogen) atoms. The molecule has 0 spiro atoms. The molecule has 1 fully saturated rings. The highest BCUT2D eigenvalue weighted by Crippen LogP contribution is 2.23. The Labute approximate surface area is 141 Å². The average molecular weight is 338 g/mol. The third-order valence-electron chi connectivity index (χ3n) is 4.34.